The van der Waals surface area contributed by atoms with Crippen LogP contribution >= 0.6 is 28.6 Å². The number of benzene rings is 1. The molecule has 1 amide bonds. The first-order valence-electron chi connectivity index (χ1n) is 10.7. The first-order chi connectivity index (χ1) is 14.8. The number of carboxylic acid groups (broad SMARTS) is 1. The van der Waals surface area contributed by atoms with Crippen LogP contribution in [0.1, 0.15) is 67.5 Å². The van der Waals surface area contributed by atoms with E-state index in [1.54, 1.807) is 12.1 Å². The van der Waals surface area contributed by atoms with Gasteiger partial charge in [0, 0.05) is 22.6 Å². The van der Waals surface area contributed by atoms with E-state index in [9.17, 15) is 14.7 Å². The Hall–Kier alpha value is -1.80. The number of halogens is 1. The number of aryl methyl sites for hydroxylation is 1. The molecule has 2 rings (SSSR count). The summed E-state index contributed by atoms with van der Waals surface area (Å²) in [5, 5.41) is 12.3. The largest absolute Gasteiger partial charge is 0.478 e. The van der Waals surface area contributed by atoms with Crippen LogP contribution in [0.2, 0.25) is 0 Å². The van der Waals surface area contributed by atoms with Crippen molar-refractivity contribution >= 4 is 40.4 Å². The van der Waals surface area contributed by atoms with Crippen molar-refractivity contribution in [1.29, 1.82) is 0 Å². The number of carbonyl (C=O) groups is 2. The normalized spacial score (nSPS) is 12.2. The van der Waals surface area contributed by atoms with Crippen molar-refractivity contribution in [2.24, 2.45) is 11.8 Å². The highest BCUT2D eigenvalue weighted by atomic mass is 79.9. The van der Waals surface area contributed by atoms with Crippen LogP contribution in [-0.2, 0) is 24.3 Å². The van der Waals surface area contributed by atoms with Crippen molar-refractivity contribution in [2.75, 3.05) is 5.75 Å². The Bertz CT molecular complexity index is 898. The van der Waals surface area contributed by atoms with Crippen molar-refractivity contribution in [3.8, 4) is 0 Å². The average molecular weight is 510 g/mol. The lowest BCUT2D eigenvalue weighted by Gasteiger charge is -2.18. The molecule has 0 saturated carbocycles. The van der Waals surface area contributed by atoms with Gasteiger partial charge in [0.2, 0.25) is 5.91 Å². The fraction of sp³-hybridized carbons (Fsp3) is 0.522. The summed E-state index contributed by atoms with van der Waals surface area (Å²) < 4.78 is 2.86. The van der Waals surface area contributed by atoms with Gasteiger partial charge in [-0.3, -0.25) is 4.79 Å². The molecule has 0 aliphatic rings. The Morgan fingerprint density at radius 3 is 2.65 bits per heavy atom. The van der Waals surface area contributed by atoms with E-state index in [-0.39, 0.29) is 17.4 Å². The highest BCUT2D eigenvalue weighted by molar-refractivity contribution is 9.10. The summed E-state index contributed by atoms with van der Waals surface area (Å²) in [5.41, 5.74) is 2.13. The second-order valence-electron chi connectivity index (χ2n) is 8.19. The highest BCUT2D eigenvalue weighted by Crippen LogP contribution is 2.22. The van der Waals surface area contributed by atoms with E-state index >= 15 is 0 Å². The summed E-state index contributed by atoms with van der Waals surface area (Å²) in [5.74, 6) is 0.861. The molecule has 2 N–H and O–H groups in total. The zero-order chi connectivity index (χ0) is 23.0. The first-order valence-corrected chi connectivity index (χ1v) is 12.1. The highest BCUT2D eigenvalue weighted by Gasteiger charge is 2.19. The van der Waals surface area contributed by atoms with Crippen molar-refractivity contribution in [3.05, 3.63) is 51.5 Å². The number of amides is 1. The van der Waals surface area contributed by atoms with Gasteiger partial charge in [-0.15, -0.1) is 0 Å². The van der Waals surface area contributed by atoms with Gasteiger partial charge in [-0.25, -0.2) is 9.78 Å². The second kappa shape index (κ2) is 12.3. The number of nitrogens with zero attached hydrogens (tertiary/aromatic N) is 2. The van der Waals surface area contributed by atoms with E-state index in [1.807, 2.05) is 12.3 Å². The third-order valence-corrected chi connectivity index (χ3v) is 6.37. The minimum absolute atomic E-state index is 0.0125. The molecule has 8 heteroatoms. The smallest absolute Gasteiger partial charge is 0.335 e. The molecule has 31 heavy (non-hydrogen) atoms. The van der Waals surface area contributed by atoms with E-state index in [4.69, 9.17) is 0 Å². The number of hydrogen-bond acceptors (Lipinski definition) is 4. The predicted molar refractivity (Wildman–Crippen MR) is 130 cm³/mol. The number of carboxylic acids is 1. The zero-order valence-electron chi connectivity index (χ0n) is 18.4. The number of aromatic carboxylic acids is 1. The molecule has 0 fully saturated rings. The van der Waals surface area contributed by atoms with Gasteiger partial charge in [0.15, 0.2) is 0 Å². The van der Waals surface area contributed by atoms with Gasteiger partial charge < -0.3 is 15.0 Å². The molecular weight excluding hydrogens is 478 g/mol. The van der Waals surface area contributed by atoms with E-state index < -0.39 is 5.97 Å². The van der Waals surface area contributed by atoms with E-state index in [0.717, 1.165) is 47.2 Å². The van der Waals surface area contributed by atoms with Crippen molar-refractivity contribution in [1.82, 2.24) is 14.9 Å². The average Bonchev–Trinajstić information content (AvgIpc) is 3.11. The van der Waals surface area contributed by atoms with Crippen molar-refractivity contribution in [3.63, 3.8) is 0 Å². The SMILES string of the molecule is CCCCc1ncc(CNC(=O)C(CS)CC(C)C)n1Cc1ccc(C(=O)O)cc1Br. The first kappa shape index (κ1) is 25.5. The summed E-state index contributed by atoms with van der Waals surface area (Å²) in [4.78, 5) is 28.5. The zero-order valence-corrected chi connectivity index (χ0v) is 20.9. The molecule has 0 aliphatic heterocycles. The maximum Gasteiger partial charge on any atom is 0.335 e. The summed E-state index contributed by atoms with van der Waals surface area (Å²) >= 11 is 7.85. The van der Waals surface area contributed by atoms with E-state index in [2.05, 4.69) is 64.2 Å². The molecule has 1 atom stereocenters. The number of nitrogens with one attached hydrogen (secondary N) is 1. The van der Waals surface area contributed by atoms with Crippen LogP contribution in [0.4, 0.5) is 0 Å². The van der Waals surface area contributed by atoms with E-state index in [0.29, 0.717) is 24.8 Å². The van der Waals surface area contributed by atoms with Crippen LogP contribution < -0.4 is 5.32 Å². The summed E-state index contributed by atoms with van der Waals surface area (Å²) in [6.07, 6.45) is 5.57. The van der Waals surface area contributed by atoms with Gasteiger partial charge in [-0.05, 0) is 36.5 Å². The van der Waals surface area contributed by atoms with Crippen LogP contribution in [0.3, 0.4) is 0 Å². The molecule has 0 saturated heterocycles. The van der Waals surface area contributed by atoms with Crippen molar-refractivity contribution in [2.45, 2.75) is 59.5 Å². The Balaban J connectivity index is 2.22. The van der Waals surface area contributed by atoms with Crippen LogP contribution in [0, 0.1) is 11.8 Å². The minimum Gasteiger partial charge on any atom is -0.478 e. The predicted octanol–water partition coefficient (Wildman–Crippen LogP) is 4.94. The van der Waals surface area contributed by atoms with Gasteiger partial charge in [-0.1, -0.05) is 49.2 Å². The molecule has 170 valence electrons. The summed E-state index contributed by atoms with van der Waals surface area (Å²) in [6.45, 7) is 7.29. The Kier molecular flexibility index (Phi) is 10.1. The summed E-state index contributed by atoms with van der Waals surface area (Å²) in [7, 11) is 0. The molecule has 1 heterocycles. The molecule has 0 radical (unpaired) electrons. The van der Waals surface area contributed by atoms with Gasteiger partial charge >= 0.3 is 5.97 Å². The van der Waals surface area contributed by atoms with Gasteiger partial charge in [-0.2, -0.15) is 12.6 Å². The number of thiol groups is 1. The quantitative estimate of drug-likeness (QED) is 0.353. The Morgan fingerprint density at radius 1 is 1.32 bits per heavy atom. The third kappa shape index (κ3) is 7.38. The molecule has 2 aromatic rings. The number of carbonyl (C=O) groups excluding carboxylic acids is 1. The second-order valence-corrected chi connectivity index (χ2v) is 9.41. The molecule has 0 bridgehead atoms. The van der Waals surface area contributed by atoms with Gasteiger partial charge in [0.1, 0.15) is 5.82 Å². The fourth-order valence-electron chi connectivity index (χ4n) is 3.46. The van der Waals surface area contributed by atoms with E-state index in [1.165, 1.54) is 0 Å². The molecule has 1 aromatic carbocycles. The third-order valence-electron chi connectivity index (χ3n) is 5.19. The molecule has 0 spiro atoms. The number of hydrogen-bond donors (Lipinski definition) is 3. The van der Waals surface area contributed by atoms with Crippen LogP contribution in [0.25, 0.3) is 0 Å². The molecule has 1 aromatic heterocycles. The van der Waals surface area contributed by atoms with Crippen LogP contribution in [-0.4, -0.2) is 32.3 Å². The molecule has 1 unspecified atom stereocenters. The van der Waals surface area contributed by atoms with Gasteiger partial charge in [0.25, 0.3) is 0 Å². The molecule has 6 nitrogen and oxygen atoms in total. The maximum atomic E-state index is 12.6. The fourth-order valence-corrected chi connectivity index (χ4v) is 4.28. The molecular formula is C23H32BrN3O3S. The summed E-state index contributed by atoms with van der Waals surface area (Å²) in [6, 6.07) is 5.04. The lowest BCUT2D eigenvalue weighted by Crippen LogP contribution is -2.33. The standard InChI is InChI=1S/C23H32BrN3O3S/c1-4-5-6-21-25-11-19(12-26-22(28)18(14-31)9-15(2)3)27(21)13-17-8-7-16(23(29)30)10-20(17)24/h7-8,10-11,15,18,31H,4-6,9,12-14H2,1-3H3,(H,26,28)(H,29,30). The Morgan fingerprint density at radius 2 is 2.06 bits per heavy atom. The maximum absolute atomic E-state index is 12.6. The van der Waals surface area contributed by atoms with Gasteiger partial charge in [0.05, 0.1) is 30.5 Å². The number of rotatable bonds is 12. The molecule has 0 aliphatic carbocycles. The Labute approximate surface area is 198 Å². The lowest BCUT2D eigenvalue weighted by molar-refractivity contribution is -0.124. The van der Waals surface area contributed by atoms with Crippen LogP contribution in [0.5, 0.6) is 0 Å². The number of unbranched alkanes of at least 4 members (excludes halogenated alkanes) is 1. The topological polar surface area (TPSA) is 84.2 Å². The monoisotopic (exact) mass is 509 g/mol. The lowest BCUT2D eigenvalue weighted by atomic mass is 9.98. The van der Waals surface area contributed by atoms with Crippen LogP contribution in [0.15, 0.2) is 28.9 Å². The minimum atomic E-state index is -0.956. The van der Waals surface area contributed by atoms with Crippen molar-refractivity contribution < 1.29 is 14.7 Å². The number of imidazole rings is 1. The number of aromatic nitrogens is 2.